The van der Waals surface area contributed by atoms with Gasteiger partial charge in [-0.1, -0.05) is 15.9 Å². The molecule has 4 N–H and O–H groups in total. The maximum absolute atomic E-state index is 11.9. The third kappa shape index (κ3) is 2.30. The fraction of sp³-hybridized carbons (Fsp3) is 0.417. The summed E-state index contributed by atoms with van der Waals surface area (Å²) in [5.74, 6) is 0.347. The summed E-state index contributed by atoms with van der Waals surface area (Å²) in [5, 5.41) is 0. The van der Waals surface area contributed by atoms with E-state index >= 15 is 0 Å². The van der Waals surface area contributed by atoms with E-state index < -0.39 is 0 Å². The molecule has 5 heteroatoms. The Morgan fingerprint density at radius 3 is 2.82 bits per heavy atom. The summed E-state index contributed by atoms with van der Waals surface area (Å²) >= 11 is 3.43. The quantitative estimate of drug-likeness (QED) is 0.815. The number of benzene rings is 1. The van der Waals surface area contributed by atoms with Crippen LogP contribution < -0.4 is 16.4 Å². The monoisotopic (exact) mass is 297 g/mol. The molecule has 4 nitrogen and oxygen atoms in total. The fourth-order valence-electron chi connectivity index (χ4n) is 2.09. The number of anilines is 2. The number of carbonyl (C=O) groups excluding carboxylic acids is 1. The molecule has 1 amide bonds. The molecule has 1 aromatic rings. The third-order valence-corrected chi connectivity index (χ3v) is 3.99. The minimum absolute atomic E-state index is 0.105. The number of carbonyl (C=O) groups is 1. The van der Waals surface area contributed by atoms with Crippen molar-refractivity contribution < 1.29 is 4.79 Å². The van der Waals surface area contributed by atoms with E-state index in [4.69, 9.17) is 11.5 Å². The molecule has 0 radical (unpaired) electrons. The average molecular weight is 298 g/mol. The number of amides is 1. The molecule has 1 saturated heterocycles. The van der Waals surface area contributed by atoms with Crippen molar-refractivity contribution in [1.82, 2.24) is 0 Å². The highest BCUT2D eigenvalue weighted by Gasteiger charge is 2.30. The number of hydrogen-bond acceptors (Lipinski definition) is 3. The lowest BCUT2D eigenvalue weighted by molar-refractivity contribution is -0.117. The van der Waals surface area contributed by atoms with Crippen LogP contribution in [0.4, 0.5) is 11.4 Å². The molecule has 1 heterocycles. The molecular weight excluding hydrogens is 282 g/mol. The second-order valence-electron chi connectivity index (χ2n) is 4.47. The van der Waals surface area contributed by atoms with Crippen LogP contribution in [0, 0.1) is 12.8 Å². The SMILES string of the molecule is Cc1cc(N2CC(CN)CC2=O)c(N)cc1Br. The van der Waals surface area contributed by atoms with Gasteiger partial charge in [0.1, 0.15) is 0 Å². The number of rotatable bonds is 2. The summed E-state index contributed by atoms with van der Waals surface area (Å²) in [6, 6.07) is 3.78. The van der Waals surface area contributed by atoms with Gasteiger partial charge in [0.05, 0.1) is 11.4 Å². The Hall–Kier alpha value is -1.07. The molecule has 1 fully saturated rings. The minimum Gasteiger partial charge on any atom is -0.397 e. The van der Waals surface area contributed by atoms with Gasteiger partial charge in [-0.25, -0.2) is 0 Å². The number of aryl methyl sites for hydroxylation is 1. The molecule has 0 aromatic heterocycles. The van der Waals surface area contributed by atoms with Crippen molar-refractivity contribution in [1.29, 1.82) is 0 Å². The summed E-state index contributed by atoms with van der Waals surface area (Å²) in [6.07, 6.45) is 0.519. The van der Waals surface area contributed by atoms with Crippen molar-refractivity contribution in [3.8, 4) is 0 Å². The van der Waals surface area contributed by atoms with Gasteiger partial charge in [-0.3, -0.25) is 4.79 Å². The number of nitrogen functional groups attached to an aromatic ring is 1. The van der Waals surface area contributed by atoms with Crippen molar-refractivity contribution >= 4 is 33.2 Å². The first-order chi connectivity index (χ1) is 8.02. The van der Waals surface area contributed by atoms with E-state index in [1.54, 1.807) is 4.90 Å². The van der Waals surface area contributed by atoms with Crippen LogP contribution in [0.25, 0.3) is 0 Å². The van der Waals surface area contributed by atoms with Crippen LogP contribution in [-0.4, -0.2) is 19.0 Å². The van der Waals surface area contributed by atoms with Gasteiger partial charge in [-0.05, 0) is 37.1 Å². The molecule has 2 rings (SSSR count). The molecular formula is C12H16BrN3O. The van der Waals surface area contributed by atoms with Crippen molar-refractivity contribution in [3.05, 3.63) is 22.2 Å². The molecule has 92 valence electrons. The van der Waals surface area contributed by atoms with E-state index in [9.17, 15) is 4.79 Å². The predicted molar refractivity (Wildman–Crippen MR) is 72.8 cm³/mol. The normalized spacial score (nSPS) is 20.1. The largest absolute Gasteiger partial charge is 0.397 e. The number of nitrogens with two attached hydrogens (primary N) is 2. The van der Waals surface area contributed by atoms with Crippen molar-refractivity contribution in [2.24, 2.45) is 11.7 Å². The number of nitrogens with zero attached hydrogens (tertiary/aromatic N) is 1. The molecule has 0 spiro atoms. The topological polar surface area (TPSA) is 72.3 Å². The lowest BCUT2D eigenvalue weighted by atomic mass is 10.1. The molecule has 1 aromatic carbocycles. The van der Waals surface area contributed by atoms with E-state index in [0.29, 0.717) is 25.2 Å². The summed E-state index contributed by atoms with van der Waals surface area (Å²) in [6.45, 7) is 3.19. The van der Waals surface area contributed by atoms with Gasteiger partial charge in [-0.2, -0.15) is 0 Å². The zero-order chi connectivity index (χ0) is 12.6. The Bertz CT molecular complexity index is 461. The van der Waals surface area contributed by atoms with Crippen molar-refractivity contribution in [2.75, 3.05) is 23.7 Å². The standard InChI is InChI=1S/C12H16BrN3O/c1-7-2-11(10(15)4-9(7)13)16-6-8(5-14)3-12(16)17/h2,4,8H,3,5-6,14-15H2,1H3. The molecule has 0 saturated carbocycles. The van der Waals surface area contributed by atoms with Gasteiger partial charge in [0.2, 0.25) is 5.91 Å². The highest BCUT2D eigenvalue weighted by molar-refractivity contribution is 9.10. The Morgan fingerprint density at radius 1 is 1.53 bits per heavy atom. The summed E-state index contributed by atoms with van der Waals surface area (Å²) in [4.78, 5) is 13.6. The Balaban J connectivity index is 2.35. The predicted octanol–water partition coefficient (Wildman–Crippen LogP) is 1.65. The average Bonchev–Trinajstić information content (AvgIpc) is 2.65. The van der Waals surface area contributed by atoms with Crippen LogP contribution in [0.5, 0.6) is 0 Å². The molecule has 1 unspecified atom stereocenters. The molecule has 1 aliphatic heterocycles. The van der Waals surface area contributed by atoms with Crippen molar-refractivity contribution in [3.63, 3.8) is 0 Å². The second-order valence-corrected chi connectivity index (χ2v) is 5.32. The van der Waals surface area contributed by atoms with E-state index in [1.165, 1.54) is 0 Å². The maximum Gasteiger partial charge on any atom is 0.227 e. The van der Waals surface area contributed by atoms with Gasteiger partial charge in [0.25, 0.3) is 0 Å². The highest BCUT2D eigenvalue weighted by atomic mass is 79.9. The smallest absolute Gasteiger partial charge is 0.227 e. The fourth-order valence-corrected chi connectivity index (χ4v) is 2.45. The van der Waals surface area contributed by atoms with Crippen LogP contribution in [-0.2, 0) is 4.79 Å². The lowest BCUT2D eigenvalue weighted by Gasteiger charge is -2.19. The summed E-state index contributed by atoms with van der Waals surface area (Å²) in [7, 11) is 0. The van der Waals surface area contributed by atoms with Gasteiger partial charge >= 0.3 is 0 Å². The Morgan fingerprint density at radius 2 is 2.24 bits per heavy atom. The Labute approximate surface area is 109 Å². The van der Waals surface area contributed by atoms with Crippen molar-refractivity contribution in [2.45, 2.75) is 13.3 Å². The van der Waals surface area contributed by atoms with Crippen LogP contribution in [0.3, 0.4) is 0 Å². The van der Waals surface area contributed by atoms with E-state index in [0.717, 1.165) is 15.7 Å². The molecule has 17 heavy (non-hydrogen) atoms. The van der Waals surface area contributed by atoms with Gasteiger partial charge in [0.15, 0.2) is 0 Å². The maximum atomic E-state index is 11.9. The zero-order valence-electron chi connectivity index (χ0n) is 9.74. The Kier molecular flexibility index (Phi) is 3.40. The minimum atomic E-state index is 0.105. The van der Waals surface area contributed by atoms with Gasteiger partial charge in [0, 0.05) is 17.4 Å². The summed E-state index contributed by atoms with van der Waals surface area (Å²) in [5.41, 5.74) is 14.1. The first kappa shape index (κ1) is 12.4. The zero-order valence-corrected chi connectivity index (χ0v) is 11.3. The van der Waals surface area contributed by atoms with Gasteiger partial charge in [-0.15, -0.1) is 0 Å². The van der Waals surface area contributed by atoms with Crippen LogP contribution >= 0.6 is 15.9 Å². The van der Waals surface area contributed by atoms with E-state index in [2.05, 4.69) is 15.9 Å². The number of halogens is 1. The van der Waals surface area contributed by atoms with Crippen LogP contribution in [0.15, 0.2) is 16.6 Å². The van der Waals surface area contributed by atoms with E-state index in [-0.39, 0.29) is 11.8 Å². The van der Waals surface area contributed by atoms with Gasteiger partial charge < -0.3 is 16.4 Å². The van der Waals surface area contributed by atoms with Crippen LogP contribution in [0.1, 0.15) is 12.0 Å². The second kappa shape index (κ2) is 4.66. The number of hydrogen-bond donors (Lipinski definition) is 2. The molecule has 0 aliphatic carbocycles. The molecule has 1 atom stereocenters. The molecule has 1 aliphatic rings. The first-order valence-corrected chi connectivity index (χ1v) is 6.38. The molecule has 0 bridgehead atoms. The van der Waals surface area contributed by atoms with Crippen LogP contribution in [0.2, 0.25) is 0 Å². The third-order valence-electron chi connectivity index (χ3n) is 3.14. The lowest BCUT2D eigenvalue weighted by Crippen LogP contribution is -2.26. The van der Waals surface area contributed by atoms with E-state index in [1.807, 2.05) is 19.1 Å². The summed E-state index contributed by atoms with van der Waals surface area (Å²) < 4.78 is 0.959. The highest BCUT2D eigenvalue weighted by Crippen LogP contribution is 2.33. The first-order valence-electron chi connectivity index (χ1n) is 5.59.